The zero-order valence-electron chi connectivity index (χ0n) is 11.1. The largest absolute Gasteiger partial charge is 0.345 e. The molecule has 5 heteroatoms. The first-order valence-corrected chi connectivity index (χ1v) is 6.12. The number of imidazole rings is 1. The summed E-state index contributed by atoms with van der Waals surface area (Å²) in [5, 5.41) is 8.48. The van der Waals surface area contributed by atoms with E-state index in [0.717, 1.165) is 23.0 Å². The van der Waals surface area contributed by atoms with Crippen molar-refractivity contribution in [3.05, 3.63) is 30.1 Å². The maximum Gasteiger partial charge on any atom is 0.236 e. The molecular weight excluding hydrogens is 240 g/mol. The Balaban J connectivity index is 2.02. The number of carbonyl (C=O) groups is 1. The molecule has 0 fully saturated rings. The second-order valence-electron chi connectivity index (χ2n) is 4.58. The van der Waals surface area contributed by atoms with E-state index in [1.54, 1.807) is 18.3 Å². The highest BCUT2D eigenvalue weighted by molar-refractivity contribution is 5.78. The molecule has 0 radical (unpaired) electrons. The first kappa shape index (κ1) is 13.1. The molecule has 1 heterocycles. The molecule has 0 spiro atoms. The van der Waals surface area contributed by atoms with Crippen LogP contribution >= 0.6 is 0 Å². The van der Waals surface area contributed by atoms with Crippen LogP contribution in [0.5, 0.6) is 0 Å². The van der Waals surface area contributed by atoms with E-state index >= 15 is 0 Å². The number of fused-ring (bicyclic) bond motifs is 1. The van der Waals surface area contributed by atoms with Gasteiger partial charge in [-0.25, -0.2) is 4.98 Å². The lowest BCUT2D eigenvalue weighted by Crippen LogP contribution is -2.28. The summed E-state index contributed by atoms with van der Waals surface area (Å²) in [4.78, 5) is 17.4. The number of nitrogens with zero attached hydrogens (tertiary/aromatic N) is 4. The van der Waals surface area contributed by atoms with Crippen LogP contribution in [0.25, 0.3) is 11.0 Å². The van der Waals surface area contributed by atoms with E-state index < -0.39 is 0 Å². The molecule has 0 aliphatic heterocycles. The third-order valence-corrected chi connectivity index (χ3v) is 3.18. The fourth-order valence-electron chi connectivity index (χ4n) is 1.96. The van der Waals surface area contributed by atoms with Gasteiger partial charge in [0.2, 0.25) is 5.91 Å². The molecule has 0 atom stereocenters. The maximum absolute atomic E-state index is 11.5. The Labute approximate surface area is 112 Å². The van der Waals surface area contributed by atoms with Crippen LogP contribution in [0.4, 0.5) is 0 Å². The lowest BCUT2D eigenvalue weighted by Gasteiger charge is -2.15. The molecule has 0 N–H and O–H groups in total. The summed E-state index contributed by atoms with van der Waals surface area (Å²) in [6.45, 7) is 0.610. The molecule has 5 nitrogen and oxygen atoms in total. The fraction of sp³-hybridized carbons (Fsp3) is 0.357. The summed E-state index contributed by atoms with van der Waals surface area (Å²) < 4.78 is 1.97. The zero-order valence-corrected chi connectivity index (χ0v) is 11.1. The predicted molar refractivity (Wildman–Crippen MR) is 72.3 cm³/mol. The average molecular weight is 256 g/mol. The Morgan fingerprint density at radius 1 is 1.53 bits per heavy atom. The minimum atomic E-state index is -0.138. The number of aryl methyl sites for hydroxylation is 1. The summed E-state index contributed by atoms with van der Waals surface area (Å²) in [5.41, 5.74) is 3.20. The molecule has 0 bridgehead atoms. The van der Waals surface area contributed by atoms with E-state index in [-0.39, 0.29) is 12.3 Å². The first-order chi connectivity index (χ1) is 9.11. The van der Waals surface area contributed by atoms with Crippen LogP contribution < -0.4 is 0 Å². The third kappa shape index (κ3) is 2.91. The third-order valence-electron chi connectivity index (χ3n) is 3.18. The van der Waals surface area contributed by atoms with Gasteiger partial charge in [-0.2, -0.15) is 5.26 Å². The lowest BCUT2D eigenvalue weighted by atomic mass is 10.1. The minimum absolute atomic E-state index is 0.0597. The van der Waals surface area contributed by atoms with E-state index in [2.05, 4.69) is 4.98 Å². The minimum Gasteiger partial charge on any atom is -0.345 e. The first-order valence-electron chi connectivity index (χ1n) is 6.12. The van der Waals surface area contributed by atoms with Crippen molar-refractivity contribution in [1.82, 2.24) is 14.5 Å². The molecule has 0 unspecified atom stereocenters. The van der Waals surface area contributed by atoms with Crippen LogP contribution in [-0.2, 0) is 18.3 Å². The van der Waals surface area contributed by atoms with E-state index in [4.69, 9.17) is 5.26 Å². The highest BCUT2D eigenvalue weighted by Gasteiger charge is 2.08. The number of benzene rings is 1. The van der Waals surface area contributed by atoms with Crippen LogP contribution in [0.15, 0.2) is 24.5 Å². The van der Waals surface area contributed by atoms with E-state index in [0.29, 0.717) is 6.54 Å². The average Bonchev–Trinajstić information content (AvgIpc) is 2.77. The summed E-state index contributed by atoms with van der Waals surface area (Å²) in [5.74, 6) is -0.138. The number of hydrogen-bond donors (Lipinski definition) is 0. The van der Waals surface area contributed by atoms with Crippen molar-refractivity contribution in [2.75, 3.05) is 13.6 Å². The Morgan fingerprint density at radius 3 is 3.05 bits per heavy atom. The van der Waals surface area contributed by atoms with Gasteiger partial charge in [0.15, 0.2) is 0 Å². The molecule has 1 aromatic heterocycles. The normalized spacial score (nSPS) is 10.4. The van der Waals surface area contributed by atoms with Crippen molar-refractivity contribution < 1.29 is 4.79 Å². The Morgan fingerprint density at radius 2 is 2.32 bits per heavy atom. The standard InChI is InChI=1S/C14H16N4O/c1-17(14(19)5-7-15)8-6-11-3-4-13-12(9-11)16-10-18(13)2/h3-4,9-10H,5-6,8H2,1-2H3. The van der Waals surface area contributed by atoms with Crippen molar-refractivity contribution in [1.29, 1.82) is 5.26 Å². The molecule has 0 aliphatic rings. The SMILES string of the molecule is CN(CCc1ccc2c(c1)ncn2C)C(=O)CC#N. The maximum atomic E-state index is 11.5. The zero-order chi connectivity index (χ0) is 13.8. The molecule has 1 amide bonds. The number of carbonyl (C=O) groups excluding carboxylic acids is 1. The molecule has 0 saturated carbocycles. The number of rotatable bonds is 4. The predicted octanol–water partition coefficient (Wildman–Crippen LogP) is 1.49. The number of amides is 1. The highest BCUT2D eigenvalue weighted by Crippen LogP contribution is 2.14. The highest BCUT2D eigenvalue weighted by atomic mass is 16.2. The molecule has 0 aliphatic carbocycles. The van der Waals surface area contributed by atoms with Gasteiger partial charge in [0, 0.05) is 20.6 Å². The number of aromatic nitrogens is 2. The van der Waals surface area contributed by atoms with Crippen LogP contribution in [0.1, 0.15) is 12.0 Å². The number of nitriles is 1. The summed E-state index contributed by atoms with van der Waals surface area (Å²) in [6.07, 6.45) is 2.49. The summed E-state index contributed by atoms with van der Waals surface area (Å²) in [6, 6.07) is 7.99. The Bertz CT molecular complexity index is 638. The Hall–Kier alpha value is -2.35. The molecule has 2 aromatic rings. The van der Waals surface area contributed by atoms with E-state index in [1.807, 2.05) is 35.9 Å². The fourth-order valence-corrected chi connectivity index (χ4v) is 1.96. The van der Waals surface area contributed by atoms with Crippen molar-refractivity contribution in [3.8, 4) is 6.07 Å². The van der Waals surface area contributed by atoms with E-state index in [1.165, 1.54) is 0 Å². The van der Waals surface area contributed by atoms with Crippen molar-refractivity contribution in [3.63, 3.8) is 0 Å². The van der Waals surface area contributed by atoms with Crippen LogP contribution in [0, 0.1) is 11.3 Å². The van der Waals surface area contributed by atoms with Crippen LogP contribution in [0.2, 0.25) is 0 Å². The molecule has 1 aromatic carbocycles. The molecule has 0 saturated heterocycles. The van der Waals surface area contributed by atoms with Gasteiger partial charge in [-0.3, -0.25) is 4.79 Å². The van der Waals surface area contributed by atoms with Gasteiger partial charge in [-0.15, -0.1) is 0 Å². The van der Waals surface area contributed by atoms with Gasteiger partial charge in [0.1, 0.15) is 6.42 Å². The van der Waals surface area contributed by atoms with Gasteiger partial charge in [-0.05, 0) is 24.1 Å². The van der Waals surface area contributed by atoms with Gasteiger partial charge in [0.05, 0.1) is 23.4 Å². The second kappa shape index (κ2) is 5.53. The monoisotopic (exact) mass is 256 g/mol. The van der Waals surface area contributed by atoms with Crippen LogP contribution in [-0.4, -0.2) is 34.0 Å². The molecule has 98 valence electrons. The topological polar surface area (TPSA) is 61.9 Å². The van der Waals surface area contributed by atoms with Crippen molar-refractivity contribution in [2.24, 2.45) is 7.05 Å². The summed E-state index contributed by atoms with van der Waals surface area (Å²) in [7, 11) is 3.68. The van der Waals surface area contributed by atoms with Gasteiger partial charge < -0.3 is 9.47 Å². The smallest absolute Gasteiger partial charge is 0.236 e. The van der Waals surface area contributed by atoms with Crippen molar-refractivity contribution >= 4 is 16.9 Å². The van der Waals surface area contributed by atoms with Crippen LogP contribution in [0.3, 0.4) is 0 Å². The van der Waals surface area contributed by atoms with E-state index in [9.17, 15) is 4.79 Å². The van der Waals surface area contributed by atoms with Gasteiger partial charge in [0.25, 0.3) is 0 Å². The lowest BCUT2D eigenvalue weighted by molar-refractivity contribution is -0.128. The number of hydrogen-bond acceptors (Lipinski definition) is 3. The molecular formula is C14H16N4O. The molecule has 19 heavy (non-hydrogen) atoms. The van der Waals surface area contributed by atoms with Crippen molar-refractivity contribution in [2.45, 2.75) is 12.8 Å². The van der Waals surface area contributed by atoms with Gasteiger partial charge >= 0.3 is 0 Å². The number of likely N-dealkylation sites (N-methyl/N-ethyl adjacent to an activating group) is 1. The second-order valence-corrected chi connectivity index (χ2v) is 4.58. The molecule has 2 rings (SSSR count). The Kier molecular flexibility index (Phi) is 3.81. The van der Waals surface area contributed by atoms with Gasteiger partial charge in [-0.1, -0.05) is 6.07 Å². The summed E-state index contributed by atoms with van der Waals surface area (Å²) >= 11 is 0. The quantitative estimate of drug-likeness (QED) is 0.832.